The largest absolute Gasteiger partial charge is 0.395 e. The Morgan fingerprint density at radius 3 is 1.94 bits per heavy atom. The molecule has 6 heteroatoms. The van der Waals surface area contributed by atoms with E-state index >= 15 is 0 Å². The first-order valence-corrected chi connectivity index (χ1v) is 10.2. The van der Waals surface area contributed by atoms with Gasteiger partial charge in [0.1, 0.15) is 17.7 Å². The molecule has 158 valence electrons. The normalized spacial score (nSPS) is 10.4. The maximum atomic E-state index is 9.16. The second kappa shape index (κ2) is 11.2. The molecular formula is C26H23N5O. The van der Waals surface area contributed by atoms with Gasteiger partial charge in [0.05, 0.1) is 18.0 Å². The zero-order valence-electron chi connectivity index (χ0n) is 17.8. The van der Waals surface area contributed by atoms with Gasteiger partial charge in [-0.1, -0.05) is 36.4 Å². The van der Waals surface area contributed by atoms with Gasteiger partial charge < -0.3 is 10.0 Å². The van der Waals surface area contributed by atoms with Crippen LogP contribution in [0.3, 0.4) is 0 Å². The second-order valence-electron chi connectivity index (χ2n) is 6.96. The lowest BCUT2D eigenvalue weighted by molar-refractivity contribution is 0.302. The predicted octanol–water partition coefficient (Wildman–Crippen LogP) is 4.56. The van der Waals surface area contributed by atoms with Crippen molar-refractivity contribution >= 4 is 23.9 Å². The number of likely N-dealkylation sites (N-methyl/N-ethyl adjacent to an activating group) is 1. The molecule has 0 aliphatic heterocycles. The van der Waals surface area contributed by atoms with Crippen LogP contribution in [-0.4, -0.2) is 34.8 Å². The fourth-order valence-corrected chi connectivity index (χ4v) is 3.13. The Labute approximate surface area is 188 Å². The van der Waals surface area contributed by atoms with Gasteiger partial charge in [0.2, 0.25) is 0 Å². The Morgan fingerprint density at radius 1 is 0.875 bits per heavy atom. The molecule has 0 aliphatic carbocycles. The van der Waals surface area contributed by atoms with Gasteiger partial charge in [0.15, 0.2) is 0 Å². The molecule has 0 spiro atoms. The van der Waals surface area contributed by atoms with Crippen molar-refractivity contribution in [3.8, 4) is 23.5 Å². The van der Waals surface area contributed by atoms with Crippen molar-refractivity contribution in [1.29, 1.82) is 10.5 Å². The average Bonchev–Trinajstić information content (AvgIpc) is 2.85. The topological polar surface area (TPSA) is 96.8 Å². The van der Waals surface area contributed by atoms with Crippen molar-refractivity contribution in [3.05, 3.63) is 83.2 Å². The van der Waals surface area contributed by atoms with Crippen LogP contribution >= 0.6 is 0 Å². The molecule has 0 radical (unpaired) electrons. The lowest BCUT2D eigenvalue weighted by Crippen LogP contribution is -2.25. The summed E-state index contributed by atoms with van der Waals surface area (Å²) in [5, 5.41) is 26.8. The quantitative estimate of drug-likeness (QED) is 0.536. The van der Waals surface area contributed by atoms with E-state index in [0.29, 0.717) is 17.8 Å². The fourth-order valence-electron chi connectivity index (χ4n) is 3.13. The third kappa shape index (κ3) is 5.89. The van der Waals surface area contributed by atoms with Crippen LogP contribution in [0.2, 0.25) is 0 Å². The van der Waals surface area contributed by atoms with E-state index < -0.39 is 0 Å². The smallest absolute Gasteiger partial charge is 0.130 e. The monoisotopic (exact) mass is 421 g/mol. The van der Waals surface area contributed by atoms with Gasteiger partial charge in [-0.2, -0.15) is 10.5 Å². The Bertz CT molecular complexity index is 1150. The molecule has 32 heavy (non-hydrogen) atoms. The molecule has 3 rings (SSSR count). The van der Waals surface area contributed by atoms with E-state index in [2.05, 4.69) is 46.1 Å². The van der Waals surface area contributed by atoms with Crippen LogP contribution < -0.4 is 4.90 Å². The summed E-state index contributed by atoms with van der Waals surface area (Å²) in [6, 6.07) is 19.4. The summed E-state index contributed by atoms with van der Waals surface area (Å²) in [4.78, 5) is 11.0. The molecule has 0 atom stereocenters. The number of benzene rings is 1. The van der Waals surface area contributed by atoms with Crippen LogP contribution in [0, 0.1) is 22.7 Å². The Balaban J connectivity index is 1.67. The Kier molecular flexibility index (Phi) is 7.86. The molecule has 3 aromatic rings. The molecule has 0 amide bonds. The van der Waals surface area contributed by atoms with Gasteiger partial charge >= 0.3 is 0 Å². The zero-order chi connectivity index (χ0) is 22.8. The summed E-state index contributed by atoms with van der Waals surface area (Å²) in [7, 11) is 0. The van der Waals surface area contributed by atoms with Gasteiger partial charge in [0.25, 0.3) is 0 Å². The highest BCUT2D eigenvalue weighted by Gasteiger charge is 2.03. The lowest BCUT2D eigenvalue weighted by atomic mass is 10.1. The molecule has 2 heterocycles. The number of aromatic nitrogens is 2. The van der Waals surface area contributed by atoms with Crippen molar-refractivity contribution in [1.82, 2.24) is 9.97 Å². The maximum Gasteiger partial charge on any atom is 0.130 e. The molecule has 0 bridgehead atoms. The summed E-state index contributed by atoms with van der Waals surface area (Å²) in [6.45, 7) is 3.68. The second-order valence-corrected chi connectivity index (χ2v) is 6.96. The highest BCUT2D eigenvalue weighted by molar-refractivity contribution is 5.71. The highest BCUT2D eigenvalue weighted by Crippen LogP contribution is 2.19. The first kappa shape index (κ1) is 22.4. The lowest BCUT2D eigenvalue weighted by Gasteiger charge is -2.21. The third-order valence-corrected chi connectivity index (χ3v) is 4.87. The van der Waals surface area contributed by atoms with Crippen LogP contribution in [0.1, 0.15) is 23.6 Å². The van der Waals surface area contributed by atoms with Crippen molar-refractivity contribution < 1.29 is 5.11 Å². The van der Waals surface area contributed by atoms with E-state index in [1.165, 1.54) is 6.08 Å². The standard InChI is InChI=1S/C26H23N5O/c1-2-31(13-14-32)24-9-5-20(6-10-24)3-4-21-7-11-25(29-18-21)26-12-8-22(19-30-26)15-23(16-27)17-28/h3-12,15,18-19,32H,2,13-14H2,1H3/b4-3+. The minimum Gasteiger partial charge on any atom is -0.395 e. The minimum atomic E-state index is 0.0382. The Morgan fingerprint density at radius 2 is 1.44 bits per heavy atom. The number of hydrogen-bond acceptors (Lipinski definition) is 6. The number of aliphatic hydroxyl groups is 1. The van der Waals surface area contributed by atoms with Crippen molar-refractivity contribution in [2.24, 2.45) is 0 Å². The van der Waals surface area contributed by atoms with E-state index in [0.717, 1.165) is 29.1 Å². The van der Waals surface area contributed by atoms with E-state index in [9.17, 15) is 0 Å². The molecule has 0 aliphatic rings. The molecule has 2 aromatic heterocycles. The molecule has 0 saturated heterocycles. The summed E-state index contributed by atoms with van der Waals surface area (Å²) in [5.41, 5.74) is 5.33. The van der Waals surface area contributed by atoms with Crippen LogP contribution in [0.5, 0.6) is 0 Å². The summed E-state index contributed by atoms with van der Waals surface area (Å²) in [5.74, 6) is 0. The minimum absolute atomic E-state index is 0.0382. The van der Waals surface area contributed by atoms with Crippen molar-refractivity contribution in [2.45, 2.75) is 6.92 Å². The number of anilines is 1. The van der Waals surface area contributed by atoms with E-state index in [1.54, 1.807) is 18.5 Å². The van der Waals surface area contributed by atoms with Crippen LogP contribution in [0.15, 0.2) is 66.5 Å². The highest BCUT2D eigenvalue weighted by atomic mass is 16.3. The Hall–Kier alpha value is -4.26. The van der Waals surface area contributed by atoms with Gasteiger partial charge in [-0.15, -0.1) is 0 Å². The first-order valence-electron chi connectivity index (χ1n) is 10.2. The molecule has 0 fully saturated rings. The van der Waals surface area contributed by atoms with E-state index in [4.69, 9.17) is 15.6 Å². The number of aliphatic hydroxyl groups excluding tert-OH is 1. The molecular weight excluding hydrogens is 398 g/mol. The molecule has 1 aromatic carbocycles. The number of pyridine rings is 2. The van der Waals surface area contributed by atoms with Crippen molar-refractivity contribution in [3.63, 3.8) is 0 Å². The van der Waals surface area contributed by atoms with Gasteiger partial charge in [-0.3, -0.25) is 9.97 Å². The molecule has 1 N–H and O–H groups in total. The number of nitriles is 2. The third-order valence-electron chi connectivity index (χ3n) is 4.87. The molecule has 0 unspecified atom stereocenters. The number of nitrogens with zero attached hydrogens (tertiary/aromatic N) is 5. The van der Waals surface area contributed by atoms with Crippen LogP contribution in [0.25, 0.3) is 29.6 Å². The van der Waals surface area contributed by atoms with Gasteiger partial charge in [0, 0.05) is 31.2 Å². The first-order chi connectivity index (χ1) is 15.7. The summed E-state index contributed by atoms with van der Waals surface area (Å²) >= 11 is 0. The summed E-state index contributed by atoms with van der Waals surface area (Å²) in [6.07, 6.45) is 8.94. The summed E-state index contributed by atoms with van der Waals surface area (Å²) < 4.78 is 0. The fraction of sp³-hybridized carbons (Fsp3) is 0.154. The van der Waals surface area contributed by atoms with Crippen molar-refractivity contribution in [2.75, 3.05) is 24.6 Å². The molecule has 0 saturated carbocycles. The molecule has 6 nitrogen and oxygen atoms in total. The predicted molar refractivity (Wildman–Crippen MR) is 127 cm³/mol. The van der Waals surface area contributed by atoms with E-state index in [-0.39, 0.29) is 12.2 Å². The number of hydrogen-bond donors (Lipinski definition) is 1. The average molecular weight is 422 g/mol. The van der Waals surface area contributed by atoms with Gasteiger partial charge in [-0.25, -0.2) is 0 Å². The van der Waals surface area contributed by atoms with Gasteiger partial charge in [-0.05, 0) is 54.0 Å². The SMILES string of the molecule is CCN(CCO)c1ccc(/C=C/c2ccc(-c3ccc(C=C(C#N)C#N)cn3)nc2)cc1. The van der Waals surface area contributed by atoms with Crippen LogP contribution in [-0.2, 0) is 0 Å². The van der Waals surface area contributed by atoms with E-state index in [1.807, 2.05) is 42.5 Å². The zero-order valence-corrected chi connectivity index (χ0v) is 17.8. The van der Waals surface area contributed by atoms with Crippen LogP contribution in [0.4, 0.5) is 5.69 Å². The number of allylic oxidation sites excluding steroid dienone is 1. The maximum absolute atomic E-state index is 9.16. The number of rotatable bonds is 8.